The summed E-state index contributed by atoms with van der Waals surface area (Å²) in [5.74, 6) is 0. The lowest BCUT2D eigenvalue weighted by molar-refractivity contribution is -1.02. The van der Waals surface area contributed by atoms with E-state index >= 15 is 0 Å². The quantitative estimate of drug-likeness (QED) is 0.548. The zero-order valence-corrected chi connectivity index (χ0v) is 16.3. The largest absolute Gasteiger partial charge is 0.322 e. The lowest BCUT2D eigenvalue weighted by atomic mass is 10.0. The monoisotopic (exact) mass is 368 g/mol. The number of piperazine rings is 1. The van der Waals surface area contributed by atoms with E-state index in [1.54, 1.807) is 9.80 Å². The summed E-state index contributed by atoms with van der Waals surface area (Å²) in [6.45, 7) is 7.30. The predicted octanol–water partition coefficient (Wildman–Crippen LogP) is 2.48. The molecule has 1 aliphatic rings. The summed E-state index contributed by atoms with van der Waals surface area (Å²) in [5.41, 5.74) is 2.98. The van der Waals surface area contributed by atoms with Crippen molar-refractivity contribution in [2.45, 2.75) is 13.1 Å². The van der Waals surface area contributed by atoms with Crippen LogP contribution in [0, 0.1) is 0 Å². The minimum absolute atomic E-state index is 1.14. The molecule has 0 aromatic heterocycles. The second-order valence-corrected chi connectivity index (χ2v) is 8.13. The summed E-state index contributed by atoms with van der Waals surface area (Å²) in [5, 5.41) is 5.56. The molecule has 2 N–H and O–H groups in total. The van der Waals surface area contributed by atoms with E-state index in [0.717, 1.165) is 13.1 Å². The molecule has 1 heterocycles. The number of fused-ring (bicyclic) bond motifs is 2. The molecule has 1 saturated heterocycles. The van der Waals surface area contributed by atoms with E-state index in [0.29, 0.717) is 0 Å². The van der Waals surface area contributed by atoms with Crippen LogP contribution >= 0.6 is 0 Å². The highest BCUT2D eigenvalue weighted by molar-refractivity contribution is 5.86. The summed E-state index contributed by atoms with van der Waals surface area (Å²) >= 11 is 0. The Labute approximate surface area is 167 Å². The van der Waals surface area contributed by atoms with Crippen LogP contribution in [-0.4, -0.2) is 26.2 Å². The van der Waals surface area contributed by atoms with Gasteiger partial charge in [-0.1, -0.05) is 84.9 Å². The third-order valence-corrected chi connectivity index (χ3v) is 6.30. The average molecular weight is 369 g/mol. The van der Waals surface area contributed by atoms with Gasteiger partial charge in [-0.3, -0.25) is 0 Å². The Hall–Kier alpha value is -2.68. The third-order valence-electron chi connectivity index (χ3n) is 6.30. The van der Waals surface area contributed by atoms with Gasteiger partial charge in [-0.05, 0) is 21.5 Å². The van der Waals surface area contributed by atoms with E-state index in [-0.39, 0.29) is 0 Å². The Kier molecular flexibility index (Phi) is 4.82. The lowest BCUT2D eigenvalue weighted by Gasteiger charge is -2.30. The maximum absolute atomic E-state index is 2.31. The minimum atomic E-state index is 1.14. The van der Waals surface area contributed by atoms with Crippen LogP contribution in [-0.2, 0) is 13.1 Å². The molecule has 28 heavy (non-hydrogen) atoms. The summed E-state index contributed by atoms with van der Waals surface area (Å²) in [4.78, 5) is 3.44. The van der Waals surface area contributed by atoms with Crippen molar-refractivity contribution >= 4 is 21.5 Å². The van der Waals surface area contributed by atoms with Gasteiger partial charge in [0.25, 0.3) is 0 Å². The lowest BCUT2D eigenvalue weighted by Crippen LogP contribution is -3.27. The van der Waals surface area contributed by atoms with Gasteiger partial charge >= 0.3 is 0 Å². The highest BCUT2D eigenvalue weighted by Crippen LogP contribution is 2.18. The summed E-state index contributed by atoms with van der Waals surface area (Å²) < 4.78 is 0. The zero-order chi connectivity index (χ0) is 18.8. The Morgan fingerprint density at radius 2 is 0.857 bits per heavy atom. The number of quaternary nitrogens is 2. The van der Waals surface area contributed by atoms with Crippen molar-refractivity contribution in [1.29, 1.82) is 0 Å². The fourth-order valence-corrected chi connectivity index (χ4v) is 4.74. The normalized spacial score (nSPS) is 19.9. The van der Waals surface area contributed by atoms with Crippen LogP contribution in [0.4, 0.5) is 0 Å². The Morgan fingerprint density at radius 1 is 0.464 bits per heavy atom. The molecule has 0 spiro atoms. The van der Waals surface area contributed by atoms with Gasteiger partial charge < -0.3 is 9.80 Å². The molecular formula is C26H28N2+2. The zero-order valence-electron chi connectivity index (χ0n) is 16.3. The first-order valence-electron chi connectivity index (χ1n) is 10.5. The van der Waals surface area contributed by atoms with Gasteiger partial charge in [-0.15, -0.1) is 0 Å². The molecule has 5 rings (SSSR count). The number of nitrogens with one attached hydrogen (secondary N) is 2. The Morgan fingerprint density at radius 3 is 1.32 bits per heavy atom. The predicted molar refractivity (Wildman–Crippen MR) is 117 cm³/mol. The van der Waals surface area contributed by atoms with Gasteiger partial charge in [0.1, 0.15) is 39.3 Å². The number of hydrogen-bond acceptors (Lipinski definition) is 0. The minimum Gasteiger partial charge on any atom is -0.322 e. The second kappa shape index (κ2) is 7.75. The highest BCUT2D eigenvalue weighted by atomic mass is 15.3. The van der Waals surface area contributed by atoms with Crippen LogP contribution < -0.4 is 9.80 Å². The fraction of sp³-hybridized carbons (Fsp3) is 0.231. The van der Waals surface area contributed by atoms with E-state index in [4.69, 9.17) is 0 Å². The van der Waals surface area contributed by atoms with E-state index in [2.05, 4.69) is 84.9 Å². The van der Waals surface area contributed by atoms with E-state index < -0.39 is 0 Å². The molecular weight excluding hydrogens is 340 g/mol. The molecule has 140 valence electrons. The standard InChI is InChI=1S/C26H26N2/c1-3-13-25-21(7-1)9-5-11-23(25)19-27-15-17-28(18-16-27)20-24-12-6-10-22-8-2-4-14-26(22)24/h1-14H,15-20H2/p+2. The second-order valence-electron chi connectivity index (χ2n) is 8.13. The molecule has 1 aliphatic heterocycles. The van der Waals surface area contributed by atoms with Crippen LogP contribution in [0.2, 0.25) is 0 Å². The fourth-order valence-electron chi connectivity index (χ4n) is 4.74. The number of benzene rings is 4. The summed E-state index contributed by atoms with van der Waals surface area (Å²) in [7, 11) is 0. The molecule has 0 unspecified atom stereocenters. The third kappa shape index (κ3) is 3.54. The molecule has 0 bridgehead atoms. The van der Waals surface area contributed by atoms with Crippen molar-refractivity contribution < 1.29 is 9.80 Å². The first-order chi connectivity index (χ1) is 13.9. The van der Waals surface area contributed by atoms with Gasteiger partial charge in [0, 0.05) is 11.1 Å². The van der Waals surface area contributed by atoms with Gasteiger partial charge in [-0.2, -0.15) is 0 Å². The van der Waals surface area contributed by atoms with Crippen molar-refractivity contribution in [2.24, 2.45) is 0 Å². The summed E-state index contributed by atoms with van der Waals surface area (Å²) in [6, 6.07) is 31.1. The molecule has 0 atom stereocenters. The van der Waals surface area contributed by atoms with Crippen molar-refractivity contribution in [3.05, 3.63) is 96.1 Å². The molecule has 0 saturated carbocycles. The molecule has 4 aromatic rings. The topological polar surface area (TPSA) is 8.88 Å². The van der Waals surface area contributed by atoms with Crippen LogP contribution in [0.5, 0.6) is 0 Å². The molecule has 2 heteroatoms. The molecule has 2 nitrogen and oxygen atoms in total. The van der Waals surface area contributed by atoms with E-state index in [1.165, 1.54) is 58.9 Å². The maximum atomic E-state index is 2.31. The number of hydrogen-bond donors (Lipinski definition) is 2. The Balaban J connectivity index is 1.25. The van der Waals surface area contributed by atoms with E-state index in [9.17, 15) is 0 Å². The van der Waals surface area contributed by atoms with Crippen LogP contribution in [0.15, 0.2) is 84.9 Å². The smallest absolute Gasteiger partial charge is 0.127 e. The summed E-state index contributed by atoms with van der Waals surface area (Å²) in [6.07, 6.45) is 0. The van der Waals surface area contributed by atoms with Crippen molar-refractivity contribution in [2.75, 3.05) is 26.2 Å². The van der Waals surface area contributed by atoms with Crippen LogP contribution in [0.3, 0.4) is 0 Å². The van der Waals surface area contributed by atoms with Gasteiger partial charge in [0.2, 0.25) is 0 Å². The van der Waals surface area contributed by atoms with Crippen molar-refractivity contribution in [3.63, 3.8) is 0 Å². The molecule has 0 amide bonds. The first-order valence-corrected chi connectivity index (χ1v) is 10.5. The van der Waals surface area contributed by atoms with Gasteiger partial charge in [-0.25, -0.2) is 0 Å². The number of rotatable bonds is 4. The van der Waals surface area contributed by atoms with Crippen molar-refractivity contribution in [1.82, 2.24) is 0 Å². The van der Waals surface area contributed by atoms with Crippen molar-refractivity contribution in [3.8, 4) is 0 Å². The molecule has 4 aromatic carbocycles. The van der Waals surface area contributed by atoms with Crippen LogP contribution in [0.1, 0.15) is 11.1 Å². The highest BCUT2D eigenvalue weighted by Gasteiger charge is 2.24. The van der Waals surface area contributed by atoms with Crippen LogP contribution in [0.25, 0.3) is 21.5 Å². The van der Waals surface area contributed by atoms with Gasteiger partial charge in [0.05, 0.1) is 0 Å². The maximum Gasteiger partial charge on any atom is 0.127 e. The van der Waals surface area contributed by atoms with E-state index in [1.807, 2.05) is 0 Å². The average Bonchev–Trinajstić information content (AvgIpc) is 2.76. The SMILES string of the molecule is c1ccc2c(C[NH+]3CC[NH+](Cc4cccc5ccccc45)CC3)cccc2c1. The Bertz CT molecular complexity index is 994. The molecule has 0 radical (unpaired) electrons. The first kappa shape index (κ1) is 17.4. The van der Waals surface area contributed by atoms with Gasteiger partial charge in [0.15, 0.2) is 0 Å². The molecule has 0 aliphatic carbocycles. The molecule has 1 fully saturated rings.